The molecule has 2 aromatic carbocycles. The molecule has 23 heavy (non-hydrogen) atoms. The predicted octanol–water partition coefficient (Wildman–Crippen LogP) is 4.13. The summed E-state index contributed by atoms with van der Waals surface area (Å²) in [6.07, 6.45) is 1.96. The molecule has 1 heterocycles. The van der Waals surface area contributed by atoms with Gasteiger partial charge in [0.15, 0.2) is 11.5 Å². The fraction of sp³-hybridized carbons (Fsp3) is 0.368. The second kappa shape index (κ2) is 6.81. The van der Waals surface area contributed by atoms with E-state index in [1.54, 1.807) is 14.2 Å². The second-order valence-electron chi connectivity index (χ2n) is 5.99. The third-order valence-electron chi connectivity index (χ3n) is 4.59. The molecule has 4 heteroatoms. The normalized spacial score (nSPS) is 17.7. The van der Waals surface area contributed by atoms with Crippen LogP contribution in [0.2, 0.25) is 5.02 Å². The Balaban J connectivity index is 1.98. The smallest absolute Gasteiger partial charge is 0.161 e. The standard InChI is InChI=1S/C19H22ClNO2/c1-21-8-7-14-11-18(22-2)19(23-3)12-16(14)17(21)10-13-5-4-6-15(20)9-13/h4-6,9,11-12,17H,7-8,10H2,1-3H3. The quantitative estimate of drug-likeness (QED) is 0.841. The Morgan fingerprint density at radius 2 is 1.87 bits per heavy atom. The van der Waals surface area contributed by atoms with Gasteiger partial charge in [-0.2, -0.15) is 0 Å². The first-order valence-electron chi connectivity index (χ1n) is 7.82. The molecule has 0 radical (unpaired) electrons. The zero-order valence-electron chi connectivity index (χ0n) is 13.8. The van der Waals surface area contributed by atoms with Crippen molar-refractivity contribution < 1.29 is 9.47 Å². The fourth-order valence-corrected chi connectivity index (χ4v) is 3.52. The zero-order valence-corrected chi connectivity index (χ0v) is 14.6. The number of ether oxygens (including phenoxy) is 2. The van der Waals surface area contributed by atoms with Crippen LogP contribution in [0.4, 0.5) is 0 Å². The van der Waals surface area contributed by atoms with Crippen molar-refractivity contribution in [3.05, 3.63) is 58.1 Å². The molecular formula is C19H22ClNO2. The summed E-state index contributed by atoms with van der Waals surface area (Å²) in [4.78, 5) is 2.40. The van der Waals surface area contributed by atoms with Gasteiger partial charge in [-0.3, -0.25) is 4.90 Å². The average molecular weight is 332 g/mol. The summed E-state index contributed by atoms with van der Waals surface area (Å²) in [5.74, 6) is 1.59. The Labute approximate surface area is 142 Å². The zero-order chi connectivity index (χ0) is 16.4. The Morgan fingerprint density at radius 1 is 1.13 bits per heavy atom. The Morgan fingerprint density at radius 3 is 2.57 bits per heavy atom. The molecule has 122 valence electrons. The van der Waals surface area contributed by atoms with Crippen LogP contribution in [0.5, 0.6) is 11.5 Å². The highest BCUT2D eigenvalue weighted by molar-refractivity contribution is 6.30. The number of rotatable bonds is 4. The van der Waals surface area contributed by atoms with E-state index < -0.39 is 0 Å². The second-order valence-corrected chi connectivity index (χ2v) is 6.42. The van der Waals surface area contributed by atoms with Crippen molar-refractivity contribution in [3.8, 4) is 11.5 Å². The molecule has 0 N–H and O–H groups in total. The molecule has 1 aliphatic rings. The topological polar surface area (TPSA) is 21.7 Å². The lowest BCUT2D eigenvalue weighted by Crippen LogP contribution is -2.33. The minimum atomic E-state index is 0.317. The van der Waals surface area contributed by atoms with Crippen LogP contribution in [0.3, 0.4) is 0 Å². The molecule has 3 rings (SSSR count). The van der Waals surface area contributed by atoms with Gasteiger partial charge in [0.1, 0.15) is 0 Å². The van der Waals surface area contributed by atoms with Crippen molar-refractivity contribution in [1.82, 2.24) is 4.90 Å². The SMILES string of the molecule is COc1cc2c(cc1OC)C(Cc1cccc(Cl)c1)N(C)CC2. The van der Waals surface area contributed by atoms with E-state index in [0.29, 0.717) is 6.04 Å². The largest absolute Gasteiger partial charge is 0.493 e. The molecular weight excluding hydrogens is 310 g/mol. The minimum absolute atomic E-state index is 0.317. The highest BCUT2D eigenvalue weighted by Crippen LogP contribution is 2.38. The number of fused-ring (bicyclic) bond motifs is 1. The molecule has 1 atom stereocenters. The van der Waals surface area contributed by atoms with Gasteiger partial charge in [-0.05, 0) is 60.8 Å². The van der Waals surface area contributed by atoms with E-state index in [0.717, 1.165) is 35.9 Å². The van der Waals surface area contributed by atoms with Gasteiger partial charge in [-0.1, -0.05) is 23.7 Å². The molecule has 3 nitrogen and oxygen atoms in total. The number of hydrogen-bond donors (Lipinski definition) is 0. The molecule has 0 aliphatic carbocycles. The van der Waals surface area contributed by atoms with Crippen molar-refractivity contribution in [1.29, 1.82) is 0 Å². The van der Waals surface area contributed by atoms with E-state index in [1.807, 2.05) is 18.2 Å². The third kappa shape index (κ3) is 3.31. The number of hydrogen-bond acceptors (Lipinski definition) is 3. The molecule has 0 spiro atoms. The van der Waals surface area contributed by atoms with E-state index >= 15 is 0 Å². The van der Waals surface area contributed by atoms with E-state index in [2.05, 4.69) is 30.1 Å². The van der Waals surface area contributed by atoms with Crippen molar-refractivity contribution in [2.75, 3.05) is 27.8 Å². The molecule has 0 saturated carbocycles. The molecule has 0 bridgehead atoms. The summed E-state index contributed by atoms with van der Waals surface area (Å²) in [5.41, 5.74) is 3.90. The summed E-state index contributed by atoms with van der Waals surface area (Å²) in [6, 6.07) is 12.7. The number of nitrogens with zero attached hydrogens (tertiary/aromatic N) is 1. The summed E-state index contributed by atoms with van der Waals surface area (Å²) in [6.45, 7) is 1.04. The molecule has 2 aromatic rings. The van der Waals surface area contributed by atoms with Gasteiger partial charge in [0.2, 0.25) is 0 Å². The lowest BCUT2D eigenvalue weighted by Gasteiger charge is -2.35. The molecule has 0 fully saturated rings. The van der Waals surface area contributed by atoms with Crippen molar-refractivity contribution in [3.63, 3.8) is 0 Å². The lowest BCUT2D eigenvalue weighted by atomic mass is 9.88. The van der Waals surface area contributed by atoms with Gasteiger partial charge >= 0.3 is 0 Å². The first-order valence-corrected chi connectivity index (χ1v) is 8.19. The van der Waals surface area contributed by atoms with Crippen molar-refractivity contribution in [2.45, 2.75) is 18.9 Å². The minimum Gasteiger partial charge on any atom is -0.493 e. The highest BCUT2D eigenvalue weighted by Gasteiger charge is 2.27. The van der Waals surface area contributed by atoms with Gasteiger partial charge in [0.25, 0.3) is 0 Å². The fourth-order valence-electron chi connectivity index (χ4n) is 3.31. The number of halogens is 1. The molecule has 1 aliphatic heterocycles. The predicted molar refractivity (Wildman–Crippen MR) is 93.8 cm³/mol. The van der Waals surface area contributed by atoms with Gasteiger partial charge in [-0.15, -0.1) is 0 Å². The van der Waals surface area contributed by atoms with Gasteiger partial charge in [-0.25, -0.2) is 0 Å². The van der Waals surface area contributed by atoms with Crippen LogP contribution >= 0.6 is 11.6 Å². The summed E-state index contributed by atoms with van der Waals surface area (Å²) < 4.78 is 10.9. The summed E-state index contributed by atoms with van der Waals surface area (Å²) in [5, 5.41) is 0.786. The van der Waals surface area contributed by atoms with Crippen LogP contribution in [0, 0.1) is 0 Å². The summed E-state index contributed by atoms with van der Waals surface area (Å²) >= 11 is 6.14. The average Bonchev–Trinajstić information content (AvgIpc) is 2.56. The maximum atomic E-state index is 6.14. The molecule has 0 amide bonds. The van der Waals surface area contributed by atoms with Crippen LogP contribution < -0.4 is 9.47 Å². The number of likely N-dealkylation sites (N-methyl/N-ethyl adjacent to an activating group) is 1. The van der Waals surface area contributed by atoms with Gasteiger partial charge < -0.3 is 9.47 Å². The van der Waals surface area contributed by atoms with Gasteiger partial charge in [0.05, 0.1) is 14.2 Å². The van der Waals surface area contributed by atoms with Crippen LogP contribution in [0.15, 0.2) is 36.4 Å². The Hall–Kier alpha value is -1.71. The van der Waals surface area contributed by atoms with Crippen LogP contribution in [0.25, 0.3) is 0 Å². The van der Waals surface area contributed by atoms with E-state index in [4.69, 9.17) is 21.1 Å². The van der Waals surface area contributed by atoms with Crippen LogP contribution in [0.1, 0.15) is 22.7 Å². The number of benzene rings is 2. The number of methoxy groups -OCH3 is 2. The first-order chi connectivity index (χ1) is 11.1. The van der Waals surface area contributed by atoms with Crippen LogP contribution in [-0.4, -0.2) is 32.7 Å². The Bertz CT molecular complexity index is 702. The van der Waals surface area contributed by atoms with Crippen LogP contribution in [-0.2, 0) is 12.8 Å². The highest BCUT2D eigenvalue weighted by atomic mass is 35.5. The molecule has 1 unspecified atom stereocenters. The van der Waals surface area contributed by atoms with Crippen molar-refractivity contribution in [2.24, 2.45) is 0 Å². The molecule has 0 saturated heterocycles. The molecule has 0 aromatic heterocycles. The van der Waals surface area contributed by atoms with E-state index in [1.165, 1.54) is 16.7 Å². The third-order valence-corrected chi connectivity index (χ3v) is 4.82. The van der Waals surface area contributed by atoms with E-state index in [9.17, 15) is 0 Å². The van der Waals surface area contributed by atoms with E-state index in [-0.39, 0.29) is 0 Å². The maximum Gasteiger partial charge on any atom is 0.161 e. The Kier molecular flexibility index (Phi) is 4.79. The first kappa shape index (κ1) is 16.2. The summed E-state index contributed by atoms with van der Waals surface area (Å²) in [7, 11) is 5.54. The maximum absolute atomic E-state index is 6.14. The van der Waals surface area contributed by atoms with Gasteiger partial charge in [0, 0.05) is 17.6 Å². The lowest BCUT2D eigenvalue weighted by molar-refractivity contribution is 0.228. The monoisotopic (exact) mass is 331 g/mol. The van der Waals surface area contributed by atoms with Crippen molar-refractivity contribution >= 4 is 11.6 Å².